The fourth-order valence-electron chi connectivity index (χ4n) is 1.40. The van der Waals surface area contributed by atoms with Crippen LogP contribution in [0.15, 0.2) is 29.0 Å². The van der Waals surface area contributed by atoms with Crippen molar-refractivity contribution >= 4 is 27.5 Å². The summed E-state index contributed by atoms with van der Waals surface area (Å²) in [7, 11) is 0. The average Bonchev–Trinajstić information content (AvgIpc) is 2.30. The molecule has 0 aliphatic carbocycles. The molecular formula is C11H5BrClF3N2. The van der Waals surface area contributed by atoms with Gasteiger partial charge < -0.3 is 0 Å². The predicted molar refractivity (Wildman–Crippen MR) is 65.1 cm³/mol. The molecule has 0 bridgehead atoms. The number of hydrogen-bond donors (Lipinski definition) is 0. The molecule has 1 heterocycles. The summed E-state index contributed by atoms with van der Waals surface area (Å²) in [5.74, 6) is -0.606. The minimum Gasteiger partial charge on any atom is -0.235 e. The van der Waals surface area contributed by atoms with Gasteiger partial charge in [-0.1, -0.05) is 27.5 Å². The van der Waals surface area contributed by atoms with Gasteiger partial charge in [-0.2, -0.15) is 0 Å². The molecule has 2 nitrogen and oxygen atoms in total. The molecule has 0 aliphatic rings. The highest BCUT2D eigenvalue weighted by Crippen LogP contribution is 2.34. The summed E-state index contributed by atoms with van der Waals surface area (Å²) in [6.07, 6.45) is -1.90. The van der Waals surface area contributed by atoms with Gasteiger partial charge >= 0.3 is 0 Å². The van der Waals surface area contributed by atoms with Gasteiger partial charge in [0.25, 0.3) is 6.43 Å². The van der Waals surface area contributed by atoms with E-state index in [0.717, 1.165) is 6.33 Å². The lowest BCUT2D eigenvalue weighted by atomic mass is 10.1. The van der Waals surface area contributed by atoms with E-state index in [4.69, 9.17) is 11.6 Å². The van der Waals surface area contributed by atoms with Crippen molar-refractivity contribution < 1.29 is 13.2 Å². The number of alkyl halides is 2. The number of benzene rings is 1. The van der Waals surface area contributed by atoms with Crippen LogP contribution in [0, 0.1) is 5.82 Å². The van der Waals surface area contributed by atoms with Crippen LogP contribution in [-0.4, -0.2) is 9.97 Å². The lowest BCUT2D eigenvalue weighted by Crippen LogP contribution is -1.97. The summed E-state index contributed by atoms with van der Waals surface area (Å²) < 4.78 is 39.5. The van der Waals surface area contributed by atoms with Crippen molar-refractivity contribution in [2.75, 3.05) is 0 Å². The summed E-state index contributed by atoms with van der Waals surface area (Å²) >= 11 is 8.87. The molecule has 0 saturated heterocycles. The predicted octanol–water partition coefficient (Wildman–Crippen LogP) is 4.64. The molecule has 2 rings (SSSR count). The van der Waals surface area contributed by atoms with Gasteiger partial charge in [-0.05, 0) is 18.2 Å². The smallest absolute Gasteiger partial charge is 0.235 e. The van der Waals surface area contributed by atoms with Gasteiger partial charge in [0.05, 0.1) is 10.7 Å². The van der Waals surface area contributed by atoms with Crippen LogP contribution < -0.4 is 0 Å². The standard InChI is InChI=1S/C11H5BrClF3N2/c12-5-1-2-6(7(14)3-5)9-8(13)10(11(15)16)18-4-17-9/h1-4,11H. The maximum Gasteiger partial charge on any atom is 0.281 e. The van der Waals surface area contributed by atoms with Crippen molar-refractivity contribution in [3.8, 4) is 11.3 Å². The number of halogens is 5. The Labute approximate surface area is 114 Å². The third kappa shape index (κ3) is 2.49. The third-order valence-electron chi connectivity index (χ3n) is 2.21. The first-order valence-corrected chi connectivity index (χ1v) is 5.91. The molecule has 1 aromatic carbocycles. The van der Waals surface area contributed by atoms with Gasteiger partial charge in [0.2, 0.25) is 0 Å². The quantitative estimate of drug-likeness (QED) is 0.798. The average molecular weight is 338 g/mol. The Balaban J connectivity index is 2.61. The summed E-state index contributed by atoms with van der Waals surface area (Å²) in [6, 6.07) is 4.18. The van der Waals surface area contributed by atoms with Crippen molar-refractivity contribution in [2.24, 2.45) is 0 Å². The number of nitrogens with zero attached hydrogens (tertiary/aromatic N) is 2. The maximum absolute atomic E-state index is 13.7. The third-order valence-corrected chi connectivity index (χ3v) is 3.08. The Morgan fingerprint density at radius 1 is 1.22 bits per heavy atom. The molecule has 0 spiro atoms. The number of rotatable bonds is 2. The Morgan fingerprint density at radius 2 is 1.94 bits per heavy atom. The van der Waals surface area contributed by atoms with Crippen LogP contribution in [0.5, 0.6) is 0 Å². The molecule has 0 amide bonds. The van der Waals surface area contributed by atoms with E-state index in [-0.39, 0.29) is 16.3 Å². The minimum atomic E-state index is -2.84. The second kappa shape index (κ2) is 5.24. The molecule has 7 heteroatoms. The second-order valence-electron chi connectivity index (χ2n) is 3.35. The van der Waals surface area contributed by atoms with E-state index in [9.17, 15) is 13.2 Å². The van der Waals surface area contributed by atoms with Gasteiger partial charge in [-0.3, -0.25) is 0 Å². The van der Waals surface area contributed by atoms with Gasteiger partial charge in [-0.25, -0.2) is 23.1 Å². The molecule has 2 aromatic rings. The van der Waals surface area contributed by atoms with E-state index in [1.165, 1.54) is 12.1 Å². The van der Waals surface area contributed by atoms with E-state index in [1.54, 1.807) is 6.07 Å². The van der Waals surface area contributed by atoms with Crippen LogP contribution in [0.1, 0.15) is 12.1 Å². The summed E-state index contributed by atoms with van der Waals surface area (Å²) in [6.45, 7) is 0. The van der Waals surface area contributed by atoms with Crippen molar-refractivity contribution in [1.29, 1.82) is 0 Å². The Bertz CT molecular complexity index is 592. The van der Waals surface area contributed by atoms with Crippen LogP contribution in [-0.2, 0) is 0 Å². The molecule has 18 heavy (non-hydrogen) atoms. The van der Waals surface area contributed by atoms with Crippen LogP contribution >= 0.6 is 27.5 Å². The van der Waals surface area contributed by atoms with Crippen LogP contribution in [0.4, 0.5) is 13.2 Å². The molecule has 0 aliphatic heterocycles. The molecule has 94 valence electrons. The van der Waals surface area contributed by atoms with Crippen LogP contribution in [0.3, 0.4) is 0 Å². The lowest BCUT2D eigenvalue weighted by Gasteiger charge is -2.08. The van der Waals surface area contributed by atoms with E-state index in [0.29, 0.717) is 4.47 Å². The van der Waals surface area contributed by atoms with E-state index in [2.05, 4.69) is 25.9 Å². The van der Waals surface area contributed by atoms with Gasteiger partial charge in [-0.15, -0.1) is 0 Å². The lowest BCUT2D eigenvalue weighted by molar-refractivity contribution is 0.146. The van der Waals surface area contributed by atoms with E-state index < -0.39 is 17.9 Å². The number of aromatic nitrogens is 2. The molecule has 0 atom stereocenters. The zero-order valence-electron chi connectivity index (χ0n) is 8.67. The monoisotopic (exact) mass is 336 g/mol. The van der Waals surface area contributed by atoms with Gasteiger partial charge in [0.15, 0.2) is 0 Å². The van der Waals surface area contributed by atoms with Gasteiger partial charge in [0, 0.05) is 10.0 Å². The van der Waals surface area contributed by atoms with Crippen molar-refractivity contribution in [3.05, 3.63) is 45.5 Å². The maximum atomic E-state index is 13.7. The normalized spacial score (nSPS) is 11.0. The molecule has 0 fully saturated rings. The Kier molecular flexibility index (Phi) is 3.87. The van der Waals surface area contributed by atoms with Crippen molar-refractivity contribution in [3.63, 3.8) is 0 Å². The second-order valence-corrected chi connectivity index (χ2v) is 4.64. The summed E-state index contributed by atoms with van der Waals surface area (Å²) in [5.41, 5.74) is -0.608. The van der Waals surface area contributed by atoms with E-state index >= 15 is 0 Å². The Hall–Kier alpha value is -1.14. The molecule has 0 saturated carbocycles. The highest BCUT2D eigenvalue weighted by Gasteiger charge is 2.20. The molecule has 0 N–H and O–H groups in total. The fourth-order valence-corrected chi connectivity index (χ4v) is 2.02. The zero-order valence-corrected chi connectivity index (χ0v) is 11.0. The van der Waals surface area contributed by atoms with E-state index in [1.807, 2.05) is 0 Å². The highest BCUT2D eigenvalue weighted by molar-refractivity contribution is 9.10. The van der Waals surface area contributed by atoms with Crippen LogP contribution in [0.2, 0.25) is 5.02 Å². The minimum absolute atomic E-state index is 0.0486. The van der Waals surface area contributed by atoms with Crippen molar-refractivity contribution in [1.82, 2.24) is 9.97 Å². The summed E-state index contributed by atoms with van der Waals surface area (Å²) in [5, 5.41) is -0.339. The van der Waals surface area contributed by atoms with Crippen molar-refractivity contribution in [2.45, 2.75) is 6.43 Å². The summed E-state index contributed by atoms with van der Waals surface area (Å²) in [4.78, 5) is 7.14. The fraction of sp³-hybridized carbons (Fsp3) is 0.0909. The first-order chi connectivity index (χ1) is 8.50. The first-order valence-electron chi connectivity index (χ1n) is 4.74. The molecule has 1 aromatic heterocycles. The first kappa shape index (κ1) is 13.3. The highest BCUT2D eigenvalue weighted by atomic mass is 79.9. The van der Waals surface area contributed by atoms with Crippen LogP contribution in [0.25, 0.3) is 11.3 Å². The Morgan fingerprint density at radius 3 is 2.56 bits per heavy atom. The molecular weight excluding hydrogens is 332 g/mol. The number of hydrogen-bond acceptors (Lipinski definition) is 2. The molecule has 0 unspecified atom stereocenters. The largest absolute Gasteiger partial charge is 0.281 e. The topological polar surface area (TPSA) is 25.8 Å². The zero-order chi connectivity index (χ0) is 13.3. The SMILES string of the molecule is Fc1cc(Br)ccc1-c1ncnc(C(F)F)c1Cl. The van der Waals surface area contributed by atoms with Gasteiger partial charge in [0.1, 0.15) is 17.8 Å². The molecule has 0 radical (unpaired) electrons.